The summed E-state index contributed by atoms with van der Waals surface area (Å²) in [5.74, 6) is -0.684. The first-order chi connectivity index (χ1) is 14.4. The molecule has 0 aromatic heterocycles. The monoisotopic (exact) mass is 418 g/mol. The summed E-state index contributed by atoms with van der Waals surface area (Å²) in [6, 6.07) is 5.03. The number of rotatable bonds is 5. The highest BCUT2D eigenvalue weighted by atomic mass is 19.1. The van der Waals surface area contributed by atoms with Crippen LogP contribution in [0, 0.1) is 5.82 Å². The van der Waals surface area contributed by atoms with Gasteiger partial charge >= 0.3 is 0 Å². The molecule has 2 saturated heterocycles. The average Bonchev–Trinajstić information content (AvgIpc) is 2.99. The molecule has 1 unspecified atom stereocenters. The summed E-state index contributed by atoms with van der Waals surface area (Å²) in [5.41, 5.74) is 0.465. The topological polar surface area (TPSA) is 73.0 Å². The molecular formula is C22H31FN4O3. The van der Waals surface area contributed by atoms with Gasteiger partial charge < -0.3 is 15.1 Å². The lowest BCUT2D eigenvalue weighted by Crippen LogP contribution is -2.50. The van der Waals surface area contributed by atoms with Crippen LogP contribution in [0.25, 0.3) is 0 Å². The Morgan fingerprint density at radius 2 is 1.57 bits per heavy atom. The van der Waals surface area contributed by atoms with E-state index in [2.05, 4.69) is 5.32 Å². The summed E-state index contributed by atoms with van der Waals surface area (Å²) in [6.45, 7) is 5.86. The van der Waals surface area contributed by atoms with Gasteiger partial charge in [0.1, 0.15) is 11.9 Å². The maximum Gasteiger partial charge on any atom is 0.253 e. The Balaban J connectivity index is 1.45. The molecule has 30 heavy (non-hydrogen) atoms. The highest BCUT2D eigenvalue weighted by molar-refractivity contribution is 5.94. The van der Waals surface area contributed by atoms with Crippen molar-refractivity contribution < 1.29 is 18.8 Å². The van der Waals surface area contributed by atoms with Crippen LogP contribution < -0.4 is 5.32 Å². The van der Waals surface area contributed by atoms with Crippen molar-refractivity contribution in [2.75, 3.05) is 45.8 Å². The van der Waals surface area contributed by atoms with Crippen LogP contribution in [-0.4, -0.2) is 84.3 Å². The van der Waals surface area contributed by atoms with Crippen LogP contribution in [0.2, 0.25) is 0 Å². The molecule has 2 aliphatic heterocycles. The van der Waals surface area contributed by atoms with Gasteiger partial charge in [0.25, 0.3) is 5.91 Å². The van der Waals surface area contributed by atoms with Crippen LogP contribution in [-0.2, 0) is 9.59 Å². The summed E-state index contributed by atoms with van der Waals surface area (Å²) < 4.78 is 13.1. The summed E-state index contributed by atoms with van der Waals surface area (Å²) in [7, 11) is 0. The minimum atomic E-state index is -0.529. The fraction of sp³-hybridized carbons (Fsp3) is 0.591. The summed E-state index contributed by atoms with van der Waals surface area (Å²) >= 11 is 0. The van der Waals surface area contributed by atoms with Crippen molar-refractivity contribution in [1.82, 2.24) is 20.0 Å². The summed E-state index contributed by atoms with van der Waals surface area (Å²) in [5, 5.41) is 2.82. The zero-order valence-corrected chi connectivity index (χ0v) is 17.6. The van der Waals surface area contributed by atoms with Gasteiger partial charge in [-0.1, -0.05) is 0 Å². The van der Waals surface area contributed by atoms with Crippen molar-refractivity contribution in [2.45, 2.75) is 38.6 Å². The summed E-state index contributed by atoms with van der Waals surface area (Å²) in [4.78, 5) is 43.1. The molecular weight excluding hydrogens is 387 g/mol. The van der Waals surface area contributed by atoms with Gasteiger partial charge in [-0.2, -0.15) is 0 Å². The van der Waals surface area contributed by atoms with Crippen LogP contribution in [0.5, 0.6) is 0 Å². The Hall–Kier alpha value is -2.48. The van der Waals surface area contributed by atoms with Gasteiger partial charge in [-0.15, -0.1) is 0 Å². The number of likely N-dealkylation sites (tertiary alicyclic amines) is 1. The number of carbonyl (C=O) groups excluding carboxylic acids is 3. The lowest BCUT2D eigenvalue weighted by molar-refractivity contribution is -0.137. The number of carbonyl (C=O) groups is 3. The first kappa shape index (κ1) is 22.2. The third kappa shape index (κ3) is 6.01. The number of amides is 3. The highest BCUT2D eigenvalue weighted by Gasteiger charge is 2.25. The molecule has 0 spiro atoms. The standard InChI is InChI=1S/C22H31FN4O3/c1-17(21(29)26-11-3-2-4-12-26)24-20(28)16-25-10-5-13-27(15-14-25)22(30)18-6-8-19(23)9-7-18/h6-9,17H,2-5,10-16H2,1H3,(H,24,28). The molecule has 1 N–H and O–H groups in total. The van der Waals surface area contributed by atoms with Crippen molar-refractivity contribution >= 4 is 17.7 Å². The molecule has 0 radical (unpaired) electrons. The van der Waals surface area contributed by atoms with E-state index in [1.807, 2.05) is 9.80 Å². The third-order valence-electron chi connectivity index (χ3n) is 5.75. The van der Waals surface area contributed by atoms with Crippen LogP contribution in [0.15, 0.2) is 24.3 Å². The van der Waals surface area contributed by atoms with Crippen LogP contribution in [0.1, 0.15) is 43.0 Å². The van der Waals surface area contributed by atoms with E-state index in [-0.39, 0.29) is 30.1 Å². The SMILES string of the molecule is CC(NC(=O)CN1CCCN(C(=O)c2ccc(F)cc2)CC1)C(=O)N1CCCCC1. The van der Waals surface area contributed by atoms with E-state index in [0.29, 0.717) is 31.7 Å². The Bertz CT molecular complexity index is 749. The number of piperidine rings is 1. The minimum Gasteiger partial charge on any atom is -0.343 e. The fourth-order valence-corrected chi connectivity index (χ4v) is 4.05. The first-order valence-electron chi connectivity index (χ1n) is 10.8. The predicted octanol–water partition coefficient (Wildman–Crippen LogP) is 1.49. The molecule has 7 nitrogen and oxygen atoms in total. The van der Waals surface area contributed by atoms with Gasteiger partial charge in [-0.25, -0.2) is 4.39 Å². The van der Waals surface area contributed by atoms with Gasteiger partial charge in [0.15, 0.2) is 0 Å². The molecule has 3 rings (SSSR count). The van der Waals surface area contributed by atoms with E-state index in [9.17, 15) is 18.8 Å². The first-order valence-corrected chi connectivity index (χ1v) is 10.8. The second kappa shape index (κ2) is 10.5. The van der Waals surface area contributed by atoms with Gasteiger partial charge in [0.05, 0.1) is 6.54 Å². The number of nitrogens with one attached hydrogen (secondary N) is 1. The molecule has 8 heteroatoms. The molecule has 2 heterocycles. The van der Waals surface area contributed by atoms with Crippen LogP contribution in [0.4, 0.5) is 4.39 Å². The molecule has 0 saturated carbocycles. The van der Waals surface area contributed by atoms with E-state index in [1.165, 1.54) is 24.3 Å². The number of halogens is 1. The van der Waals surface area contributed by atoms with E-state index in [0.717, 1.165) is 38.8 Å². The van der Waals surface area contributed by atoms with Gasteiger partial charge in [0, 0.05) is 44.8 Å². The van der Waals surface area contributed by atoms with Crippen molar-refractivity contribution in [3.8, 4) is 0 Å². The van der Waals surface area contributed by atoms with E-state index < -0.39 is 6.04 Å². The Kier molecular flexibility index (Phi) is 7.79. The van der Waals surface area contributed by atoms with Crippen LogP contribution in [0.3, 0.4) is 0 Å². The molecule has 1 aromatic carbocycles. The minimum absolute atomic E-state index is 0.0185. The Labute approximate surface area is 177 Å². The molecule has 0 aliphatic carbocycles. The normalized spacial score (nSPS) is 19.1. The molecule has 2 aliphatic rings. The Morgan fingerprint density at radius 3 is 2.27 bits per heavy atom. The molecule has 164 valence electrons. The smallest absolute Gasteiger partial charge is 0.253 e. The number of nitrogens with zero attached hydrogens (tertiary/aromatic N) is 3. The maximum atomic E-state index is 13.1. The lowest BCUT2D eigenvalue weighted by Gasteiger charge is -2.29. The average molecular weight is 419 g/mol. The predicted molar refractivity (Wildman–Crippen MR) is 111 cm³/mol. The molecule has 0 bridgehead atoms. The number of benzene rings is 1. The van der Waals surface area contributed by atoms with E-state index >= 15 is 0 Å². The molecule has 1 atom stereocenters. The number of hydrogen-bond acceptors (Lipinski definition) is 4. The molecule has 3 amide bonds. The Morgan fingerprint density at radius 1 is 0.900 bits per heavy atom. The van der Waals surface area contributed by atoms with Crippen molar-refractivity contribution in [3.05, 3.63) is 35.6 Å². The van der Waals surface area contributed by atoms with Gasteiger partial charge in [-0.3, -0.25) is 19.3 Å². The fourth-order valence-electron chi connectivity index (χ4n) is 4.05. The second-order valence-corrected chi connectivity index (χ2v) is 8.10. The second-order valence-electron chi connectivity index (χ2n) is 8.10. The maximum absolute atomic E-state index is 13.1. The van der Waals surface area contributed by atoms with Crippen molar-refractivity contribution in [2.24, 2.45) is 0 Å². The molecule has 1 aromatic rings. The quantitative estimate of drug-likeness (QED) is 0.787. The lowest BCUT2D eigenvalue weighted by atomic mass is 10.1. The van der Waals surface area contributed by atoms with E-state index in [1.54, 1.807) is 11.8 Å². The zero-order chi connectivity index (χ0) is 21.5. The van der Waals surface area contributed by atoms with E-state index in [4.69, 9.17) is 0 Å². The molecule has 2 fully saturated rings. The number of hydrogen-bond donors (Lipinski definition) is 1. The van der Waals surface area contributed by atoms with Gasteiger partial charge in [0.2, 0.25) is 11.8 Å². The van der Waals surface area contributed by atoms with Crippen molar-refractivity contribution in [3.63, 3.8) is 0 Å². The zero-order valence-electron chi connectivity index (χ0n) is 17.6. The highest BCUT2D eigenvalue weighted by Crippen LogP contribution is 2.11. The largest absolute Gasteiger partial charge is 0.343 e. The van der Waals surface area contributed by atoms with Gasteiger partial charge in [-0.05, 0) is 56.9 Å². The third-order valence-corrected chi connectivity index (χ3v) is 5.75. The van der Waals surface area contributed by atoms with Crippen LogP contribution >= 0.6 is 0 Å². The summed E-state index contributed by atoms with van der Waals surface area (Å²) in [6.07, 6.45) is 3.95. The van der Waals surface area contributed by atoms with Crippen molar-refractivity contribution in [1.29, 1.82) is 0 Å².